The Labute approximate surface area is 148 Å². The van der Waals surface area contributed by atoms with Gasteiger partial charge >= 0.3 is 0 Å². The minimum atomic E-state index is -1.49. The van der Waals surface area contributed by atoms with Gasteiger partial charge in [-0.1, -0.05) is 84.8 Å². The van der Waals surface area contributed by atoms with E-state index >= 15 is 0 Å². The van der Waals surface area contributed by atoms with Gasteiger partial charge in [0.05, 0.1) is 6.61 Å². The van der Waals surface area contributed by atoms with E-state index in [9.17, 15) is 5.11 Å². The molecule has 124 valence electrons. The Morgan fingerprint density at radius 2 is 1.20 bits per heavy atom. The summed E-state index contributed by atoms with van der Waals surface area (Å²) in [6.07, 6.45) is 6.49. The van der Waals surface area contributed by atoms with Crippen LogP contribution in [0.5, 0.6) is 0 Å². The summed E-state index contributed by atoms with van der Waals surface area (Å²) in [6.45, 7) is -0.0387. The molecule has 0 saturated heterocycles. The monoisotopic (exact) mass is 328 g/mol. The second kappa shape index (κ2) is 7.36. The minimum absolute atomic E-state index is 0.0387. The van der Waals surface area contributed by atoms with E-state index in [1.165, 1.54) is 5.56 Å². The molecule has 1 atom stereocenters. The van der Waals surface area contributed by atoms with E-state index in [4.69, 9.17) is 11.5 Å². The Bertz CT molecular complexity index is 859. The van der Waals surface area contributed by atoms with E-state index in [0.717, 1.165) is 17.5 Å². The lowest BCUT2D eigenvalue weighted by molar-refractivity contribution is 0.145. The van der Waals surface area contributed by atoms with Crippen molar-refractivity contribution in [3.63, 3.8) is 0 Å². The van der Waals surface area contributed by atoms with Crippen LogP contribution in [-0.4, -0.2) is 10.2 Å². The summed E-state index contributed by atoms with van der Waals surface area (Å²) in [7, 11) is 0. The van der Waals surface area contributed by atoms with Crippen LogP contribution in [0, 0.1) is 12.3 Å². The molecule has 2 heteroatoms. The zero-order chi connectivity index (χ0) is 17.7. The fourth-order valence-electron chi connectivity index (χ4n) is 2.88. The van der Waals surface area contributed by atoms with Crippen molar-refractivity contribution in [2.24, 2.45) is 0 Å². The summed E-state index contributed by atoms with van der Waals surface area (Å²) >= 11 is 0. The van der Waals surface area contributed by atoms with Gasteiger partial charge in [0.25, 0.3) is 0 Å². The topological polar surface area (TPSA) is 40.5 Å². The normalized spacial score (nSPS) is 13.0. The summed E-state index contributed by atoms with van der Waals surface area (Å²) in [6, 6.07) is 25.0. The highest BCUT2D eigenvalue weighted by Crippen LogP contribution is 2.29. The summed E-state index contributed by atoms with van der Waals surface area (Å²) in [4.78, 5) is 0. The second-order valence-corrected chi connectivity index (χ2v) is 6.07. The second-order valence-electron chi connectivity index (χ2n) is 6.07. The van der Waals surface area contributed by atoms with Crippen molar-refractivity contribution >= 4 is 0 Å². The quantitative estimate of drug-likeness (QED) is 0.702. The maximum Gasteiger partial charge on any atom is 0.176 e. The van der Waals surface area contributed by atoms with Crippen molar-refractivity contribution in [1.82, 2.24) is 0 Å². The lowest BCUT2D eigenvalue weighted by Crippen LogP contribution is -2.25. The molecule has 0 aliphatic heterocycles. The predicted molar refractivity (Wildman–Crippen MR) is 99.9 cm³/mol. The molecule has 0 saturated carbocycles. The summed E-state index contributed by atoms with van der Waals surface area (Å²) in [5.74, 6) is 2.51. The largest absolute Gasteiger partial charge is 0.392 e. The molecule has 1 unspecified atom stereocenters. The van der Waals surface area contributed by atoms with Gasteiger partial charge in [-0.25, -0.2) is 0 Å². The first kappa shape index (κ1) is 17.0. The lowest BCUT2D eigenvalue weighted by Gasteiger charge is -2.24. The zero-order valence-corrected chi connectivity index (χ0v) is 13.9. The van der Waals surface area contributed by atoms with Gasteiger partial charge in [-0.2, -0.15) is 0 Å². The molecular weight excluding hydrogens is 308 g/mol. The fourth-order valence-corrected chi connectivity index (χ4v) is 2.88. The van der Waals surface area contributed by atoms with Crippen molar-refractivity contribution in [3.8, 4) is 12.3 Å². The average molecular weight is 328 g/mol. The Morgan fingerprint density at radius 3 is 1.68 bits per heavy atom. The number of rotatable bonds is 5. The molecule has 3 rings (SSSR count). The molecule has 3 aromatic rings. The molecule has 0 radical (unpaired) electrons. The third-order valence-corrected chi connectivity index (χ3v) is 4.39. The molecule has 0 spiro atoms. The first-order valence-corrected chi connectivity index (χ1v) is 8.19. The maximum absolute atomic E-state index is 11.0. The van der Waals surface area contributed by atoms with Crippen molar-refractivity contribution < 1.29 is 10.2 Å². The van der Waals surface area contributed by atoms with Crippen molar-refractivity contribution in [3.05, 3.63) is 107 Å². The van der Waals surface area contributed by atoms with Gasteiger partial charge in [-0.05, 0) is 23.1 Å². The third-order valence-electron chi connectivity index (χ3n) is 4.39. The first-order valence-electron chi connectivity index (χ1n) is 8.19. The van der Waals surface area contributed by atoms with Gasteiger partial charge in [0.2, 0.25) is 0 Å². The van der Waals surface area contributed by atoms with Crippen LogP contribution in [0.3, 0.4) is 0 Å². The molecule has 0 heterocycles. The van der Waals surface area contributed by atoms with E-state index < -0.39 is 5.60 Å². The highest BCUT2D eigenvalue weighted by Gasteiger charge is 2.29. The summed E-state index contributed by atoms with van der Waals surface area (Å²) in [5.41, 5.74) is 2.96. The fraction of sp³-hybridized carbons (Fsp3) is 0.130. The molecule has 0 aliphatic carbocycles. The minimum Gasteiger partial charge on any atom is -0.392 e. The average Bonchev–Trinajstić information content (AvgIpc) is 2.69. The molecule has 0 aromatic heterocycles. The number of aliphatic hydroxyl groups excluding tert-OH is 1. The molecule has 2 N–H and O–H groups in total. The van der Waals surface area contributed by atoms with Crippen LogP contribution in [0.25, 0.3) is 0 Å². The van der Waals surface area contributed by atoms with E-state index in [0.29, 0.717) is 11.1 Å². The number of hydrogen-bond donors (Lipinski definition) is 2. The van der Waals surface area contributed by atoms with Crippen LogP contribution in [-0.2, 0) is 18.6 Å². The number of terminal acetylenes is 1. The third kappa shape index (κ3) is 3.64. The number of benzene rings is 3. The summed E-state index contributed by atoms with van der Waals surface area (Å²) in [5, 5.41) is 20.2. The SMILES string of the molecule is C#CC(O)(c1ccc(CO)cc1)c1ccc(Cc2ccccc2)cc1. The van der Waals surface area contributed by atoms with Crippen LogP contribution in [0.15, 0.2) is 78.9 Å². The summed E-state index contributed by atoms with van der Waals surface area (Å²) < 4.78 is 0. The molecule has 25 heavy (non-hydrogen) atoms. The number of hydrogen-bond acceptors (Lipinski definition) is 2. The van der Waals surface area contributed by atoms with Gasteiger partial charge < -0.3 is 10.2 Å². The zero-order valence-electron chi connectivity index (χ0n) is 13.9. The highest BCUT2D eigenvalue weighted by atomic mass is 16.3. The predicted octanol–water partition coefficient (Wildman–Crippen LogP) is 3.64. The van der Waals surface area contributed by atoms with Crippen LogP contribution in [0.4, 0.5) is 0 Å². The Hall–Kier alpha value is -2.86. The molecular formula is C23H20O2. The van der Waals surface area contributed by atoms with E-state index in [1.807, 2.05) is 42.5 Å². The van der Waals surface area contributed by atoms with Gasteiger partial charge in [-0.15, -0.1) is 6.42 Å². The van der Waals surface area contributed by atoms with Gasteiger partial charge in [0, 0.05) is 11.1 Å². The van der Waals surface area contributed by atoms with Crippen molar-refractivity contribution in [2.45, 2.75) is 18.6 Å². The lowest BCUT2D eigenvalue weighted by atomic mass is 9.86. The molecule has 0 amide bonds. The van der Waals surface area contributed by atoms with Crippen molar-refractivity contribution in [1.29, 1.82) is 0 Å². The molecule has 0 bridgehead atoms. The van der Waals surface area contributed by atoms with E-state index in [2.05, 4.69) is 18.1 Å². The first-order chi connectivity index (χ1) is 12.2. The molecule has 0 fully saturated rings. The standard InChI is InChI=1S/C23H20O2/c1-2-23(25,22-14-10-20(17-24)11-15-22)21-12-8-19(9-13-21)16-18-6-4-3-5-7-18/h1,3-15,24-25H,16-17H2. The molecule has 0 aliphatic rings. The van der Waals surface area contributed by atoms with Crippen LogP contribution < -0.4 is 0 Å². The van der Waals surface area contributed by atoms with E-state index in [-0.39, 0.29) is 6.61 Å². The highest BCUT2D eigenvalue weighted by molar-refractivity contribution is 5.45. The van der Waals surface area contributed by atoms with Crippen LogP contribution in [0.1, 0.15) is 27.8 Å². The van der Waals surface area contributed by atoms with Crippen LogP contribution in [0.2, 0.25) is 0 Å². The van der Waals surface area contributed by atoms with Crippen molar-refractivity contribution in [2.75, 3.05) is 0 Å². The maximum atomic E-state index is 11.0. The van der Waals surface area contributed by atoms with Gasteiger partial charge in [0.1, 0.15) is 0 Å². The number of aliphatic hydroxyl groups is 2. The molecule has 3 aromatic carbocycles. The van der Waals surface area contributed by atoms with E-state index in [1.54, 1.807) is 24.3 Å². The Kier molecular flexibility index (Phi) is 5.00. The molecule has 2 nitrogen and oxygen atoms in total. The van der Waals surface area contributed by atoms with Gasteiger partial charge in [-0.3, -0.25) is 0 Å². The Morgan fingerprint density at radius 1 is 0.720 bits per heavy atom. The van der Waals surface area contributed by atoms with Gasteiger partial charge in [0.15, 0.2) is 5.60 Å². The smallest absolute Gasteiger partial charge is 0.176 e. The Balaban J connectivity index is 1.86. The van der Waals surface area contributed by atoms with Crippen LogP contribution >= 0.6 is 0 Å².